The van der Waals surface area contributed by atoms with Gasteiger partial charge < -0.3 is 10.1 Å². The van der Waals surface area contributed by atoms with Crippen LogP contribution in [0.2, 0.25) is 0 Å². The van der Waals surface area contributed by atoms with Gasteiger partial charge in [0.05, 0.1) is 6.26 Å². The SMILES string of the molecule is CCNCC(=CC1CCC=CO1)C(C)C. The molecule has 86 valence electrons. The molecule has 0 bridgehead atoms. The molecule has 0 saturated heterocycles. The van der Waals surface area contributed by atoms with Crippen LogP contribution in [0.15, 0.2) is 24.0 Å². The summed E-state index contributed by atoms with van der Waals surface area (Å²) in [5, 5.41) is 3.38. The molecule has 1 atom stereocenters. The topological polar surface area (TPSA) is 21.3 Å². The van der Waals surface area contributed by atoms with Gasteiger partial charge in [0.15, 0.2) is 0 Å². The molecule has 1 aliphatic heterocycles. The van der Waals surface area contributed by atoms with Gasteiger partial charge in [-0.05, 0) is 37.5 Å². The van der Waals surface area contributed by atoms with Crippen LogP contribution in [0.1, 0.15) is 33.6 Å². The predicted molar refractivity (Wildman–Crippen MR) is 64.7 cm³/mol. The van der Waals surface area contributed by atoms with Crippen LogP contribution >= 0.6 is 0 Å². The maximum Gasteiger partial charge on any atom is 0.117 e. The van der Waals surface area contributed by atoms with E-state index >= 15 is 0 Å². The second kappa shape index (κ2) is 6.67. The molecular weight excluding hydrogens is 186 g/mol. The van der Waals surface area contributed by atoms with Crippen molar-refractivity contribution < 1.29 is 4.74 Å². The highest BCUT2D eigenvalue weighted by atomic mass is 16.5. The number of rotatable bonds is 5. The third-order valence-electron chi connectivity index (χ3n) is 2.69. The molecule has 0 spiro atoms. The smallest absolute Gasteiger partial charge is 0.117 e. The molecule has 0 fully saturated rings. The van der Waals surface area contributed by atoms with Crippen LogP contribution in [-0.4, -0.2) is 19.2 Å². The molecular formula is C13H23NO. The van der Waals surface area contributed by atoms with Gasteiger partial charge in [0, 0.05) is 6.54 Å². The van der Waals surface area contributed by atoms with Crippen molar-refractivity contribution in [3.05, 3.63) is 24.0 Å². The van der Waals surface area contributed by atoms with Gasteiger partial charge in [-0.2, -0.15) is 0 Å². The molecule has 0 aromatic rings. The molecule has 1 rings (SSSR count). The van der Waals surface area contributed by atoms with Gasteiger partial charge in [-0.3, -0.25) is 0 Å². The Bertz CT molecular complexity index is 231. The molecule has 0 aromatic carbocycles. The molecule has 2 nitrogen and oxygen atoms in total. The van der Waals surface area contributed by atoms with E-state index in [1.807, 2.05) is 6.26 Å². The van der Waals surface area contributed by atoms with E-state index in [0.717, 1.165) is 25.9 Å². The maximum atomic E-state index is 5.55. The van der Waals surface area contributed by atoms with Gasteiger partial charge in [-0.25, -0.2) is 0 Å². The molecule has 0 radical (unpaired) electrons. The molecule has 1 aliphatic rings. The van der Waals surface area contributed by atoms with Gasteiger partial charge >= 0.3 is 0 Å². The summed E-state index contributed by atoms with van der Waals surface area (Å²) in [6.45, 7) is 8.62. The summed E-state index contributed by atoms with van der Waals surface area (Å²) in [6.07, 6.45) is 8.73. The fourth-order valence-corrected chi connectivity index (χ4v) is 1.64. The third-order valence-corrected chi connectivity index (χ3v) is 2.69. The third kappa shape index (κ3) is 4.52. The monoisotopic (exact) mass is 209 g/mol. The largest absolute Gasteiger partial charge is 0.494 e. The first-order valence-corrected chi connectivity index (χ1v) is 5.95. The van der Waals surface area contributed by atoms with E-state index in [0.29, 0.717) is 5.92 Å². The standard InChI is InChI=1S/C13H23NO/c1-4-14-10-12(11(2)3)9-13-7-5-6-8-15-13/h6,8-9,11,13-14H,4-5,7,10H2,1-3H3. The van der Waals surface area contributed by atoms with Crippen LogP contribution in [0.4, 0.5) is 0 Å². The second-order valence-corrected chi connectivity index (χ2v) is 4.30. The number of hydrogen-bond donors (Lipinski definition) is 1. The summed E-state index contributed by atoms with van der Waals surface area (Å²) in [6, 6.07) is 0. The van der Waals surface area contributed by atoms with E-state index in [2.05, 4.69) is 38.2 Å². The number of hydrogen-bond acceptors (Lipinski definition) is 2. The van der Waals surface area contributed by atoms with Crippen LogP contribution in [0.3, 0.4) is 0 Å². The highest BCUT2D eigenvalue weighted by Crippen LogP contribution is 2.16. The summed E-state index contributed by atoms with van der Waals surface area (Å²) in [5.74, 6) is 0.596. The molecule has 1 N–H and O–H groups in total. The Kier molecular flexibility index (Phi) is 5.48. The van der Waals surface area contributed by atoms with Gasteiger partial charge in [0.2, 0.25) is 0 Å². The van der Waals surface area contributed by atoms with E-state index in [4.69, 9.17) is 4.74 Å². The zero-order chi connectivity index (χ0) is 11.1. The van der Waals surface area contributed by atoms with Crippen LogP contribution in [-0.2, 0) is 4.74 Å². The second-order valence-electron chi connectivity index (χ2n) is 4.30. The minimum atomic E-state index is 0.283. The maximum absolute atomic E-state index is 5.55. The van der Waals surface area contributed by atoms with Crippen molar-refractivity contribution in [3.63, 3.8) is 0 Å². The summed E-state index contributed by atoms with van der Waals surface area (Å²) >= 11 is 0. The quantitative estimate of drug-likeness (QED) is 0.703. The molecule has 0 aromatic heterocycles. The van der Waals surface area contributed by atoms with Gasteiger partial charge in [-0.15, -0.1) is 0 Å². The van der Waals surface area contributed by atoms with Gasteiger partial charge in [0.1, 0.15) is 6.10 Å². The number of likely N-dealkylation sites (N-methyl/N-ethyl adjacent to an activating group) is 1. The predicted octanol–water partition coefficient (Wildman–Crippen LogP) is 2.87. The molecule has 1 unspecified atom stereocenters. The van der Waals surface area contributed by atoms with Crippen molar-refractivity contribution in [2.75, 3.05) is 13.1 Å². The highest BCUT2D eigenvalue weighted by Gasteiger charge is 2.11. The molecule has 1 heterocycles. The normalized spacial score (nSPS) is 21.9. The lowest BCUT2D eigenvalue weighted by molar-refractivity contribution is 0.164. The molecule has 0 aliphatic carbocycles. The Balaban J connectivity index is 2.52. The van der Waals surface area contributed by atoms with Crippen molar-refractivity contribution in [2.45, 2.75) is 39.7 Å². The van der Waals surface area contributed by atoms with Crippen molar-refractivity contribution in [1.82, 2.24) is 5.32 Å². The Hall–Kier alpha value is -0.760. The summed E-state index contributed by atoms with van der Waals surface area (Å²) in [7, 11) is 0. The Labute approximate surface area is 93.4 Å². The van der Waals surface area contributed by atoms with Gasteiger partial charge in [0.25, 0.3) is 0 Å². The van der Waals surface area contributed by atoms with E-state index in [-0.39, 0.29) is 6.10 Å². The van der Waals surface area contributed by atoms with Crippen LogP contribution < -0.4 is 5.32 Å². The fourth-order valence-electron chi connectivity index (χ4n) is 1.64. The molecule has 2 heteroatoms. The first-order chi connectivity index (χ1) is 7.24. The number of nitrogens with one attached hydrogen (secondary N) is 1. The van der Waals surface area contributed by atoms with Crippen molar-refractivity contribution >= 4 is 0 Å². The van der Waals surface area contributed by atoms with Gasteiger partial charge in [-0.1, -0.05) is 26.3 Å². The van der Waals surface area contributed by atoms with E-state index in [1.54, 1.807) is 0 Å². The Morgan fingerprint density at radius 1 is 1.60 bits per heavy atom. The summed E-state index contributed by atoms with van der Waals surface area (Å²) in [5.41, 5.74) is 1.46. The van der Waals surface area contributed by atoms with E-state index < -0.39 is 0 Å². The zero-order valence-electron chi connectivity index (χ0n) is 10.1. The lowest BCUT2D eigenvalue weighted by Gasteiger charge is -2.19. The van der Waals surface area contributed by atoms with E-state index in [9.17, 15) is 0 Å². The summed E-state index contributed by atoms with van der Waals surface area (Å²) in [4.78, 5) is 0. The van der Waals surface area contributed by atoms with Crippen molar-refractivity contribution in [2.24, 2.45) is 5.92 Å². The highest BCUT2D eigenvalue weighted by molar-refractivity contribution is 5.11. The number of allylic oxidation sites excluding steroid dienone is 1. The lowest BCUT2D eigenvalue weighted by atomic mass is 9.99. The fraction of sp³-hybridized carbons (Fsp3) is 0.692. The lowest BCUT2D eigenvalue weighted by Crippen LogP contribution is -2.21. The van der Waals surface area contributed by atoms with Crippen molar-refractivity contribution in [1.29, 1.82) is 0 Å². The molecule has 0 saturated carbocycles. The first-order valence-electron chi connectivity index (χ1n) is 5.95. The average molecular weight is 209 g/mol. The zero-order valence-corrected chi connectivity index (χ0v) is 10.1. The minimum Gasteiger partial charge on any atom is -0.494 e. The summed E-state index contributed by atoms with van der Waals surface area (Å²) < 4.78 is 5.55. The van der Waals surface area contributed by atoms with Crippen LogP contribution in [0.25, 0.3) is 0 Å². The van der Waals surface area contributed by atoms with Crippen LogP contribution in [0, 0.1) is 5.92 Å². The van der Waals surface area contributed by atoms with Crippen molar-refractivity contribution in [3.8, 4) is 0 Å². The first kappa shape index (κ1) is 12.3. The van der Waals surface area contributed by atoms with E-state index in [1.165, 1.54) is 5.57 Å². The van der Waals surface area contributed by atoms with Crippen LogP contribution in [0.5, 0.6) is 0 Å². The number of ether oxygens (including phenoxy) is 1. The molecule has 15 heavy (non-hydrogen) atoms. The average Bonchev–Trinajstić information content (AvgIpc) is 2.25. The molecule has 0 amide bonds. The Morgan fingerprint density at radius 3 is 2.93 bits per heavy atom. The minimum absolute atomic E-state index is 0.283. The Morgan fingerprint density at radius 2 is 2.40 bits per heavy atom.